The number of fused-ring (bicyclic) bond motifs is 1. The molecule has 1 aromatic rings. The topological polar surface area (TPSA) is 3.24 Å². The van der Waals surface area contributed by atoms with Crippen LogP contribution in [0.2, 0.25) is 0 Å². The number of rotatable bonds is 7. The fraction of sp³-hybridized carbons (Fsp3) is 0.667. The van der Waals surface area contributed by atoms with E-state index in [1.807, 2.05) is 0 Å². The molecule has 0 spiro atoms. The Hall–Kier alpha value is -0.340. The number of halogens is 1. The molecule has 0 bridgehead atoms. The van der Waals surface area contributed by atoms with Gasteiger partial charge in [-0.25, -0.2) is 0 Å². The molecule has 1 nitrogen and oxygen atoms in total. The van der Waals surface area contributed by atoms with E-state index in [0.29, 0.717) is 0 Å². The molecule has 0 heterocycles. The van der Waals surface area contributed by atoms with Gasteiger partial charge in [0.05, 0.1) is 0 Å². The lowest BCUT2D eigenvalue weighted by Crippen LogP contribution is -2.39. The number of benzene rings is 1. The van der Waals surface area contributed by atoms with Crippen LogP contribution in [0.25, 0.3) is 0 Å². The van der Waals surface area contributed by atoms with Crippen LogP contribution >= 0.6 is 15.9 Å². The third-order valence-corrected chi connectivity index (χ3v) is 5.13. The number of alkyl halides is 1. The first-order valence-corrected chi connectivity index (χ1v) is 9.30. The third-order valence-electron chi connectivity index (χ3n) is 4.78. The summed E-state index contributed by atoms with van der Waals surface area (Å²) in [5, 5.41) is 1.08. The molecule has 0 saturated carbocycles. The summed E-state index contributed by atoms with van der Waals surface area (Å²) in [5.74, 6) is 0.736. The van der Waals surface area contributed by atoms with Gasteiger partial charge in [-0.05, 0) is 49.1 Å². The van der Waals surface area contributed by atoms with Crippen molar-refractivity contribution in [2.24, 2.45) is 0 Å². The average Bonchev–Trinajstić information content (AvgIpc) is 2.49. The van der Waals surface area contributed by atoms with Crippen LogP contribution in [0.3, 0.4) is 0 Å². The van der Waals surface area contributed by atoms with E-state index in [1.165, 1.54) is 45.2 Å². The fourth-order valence-electron chi connectivity index (χ4n) is 3.66. The van der Waals surface area contributed by atoms with Gasteiger partial charge in [-0.1, -0.05) is 54.0 Å². The Balaban J connectivity index is 2.11. The van der Waals surface area contributed by atoms with Crippen molar-refractivity contribution < 1.29 is 0 Å². The van der Waals surface area contributed by atoms with Crippen molar-refractivity contribution in [1.82, 2.24) is 4.90 Å². The predicted molar refractivity (Wildman–Crippen MR) is 91.9 cm³/mol. The Morgan fingerprint density at radius 2 is 2.00 bits per heavy atom. The second-order valence-electron chi connectivity index (χ2n) is 5.94. The van der Waals surface area contributed by atoms with Crippen LogP contribution in [0.1, 0.15) is 56.6 Å². The van der Waals surface area contributed by atoms with Gasteiger partial charge in [-0.15, -0.1) is 0 Å². The van der Waals surface area contributed by atoms with Gasteiger partial charge >= 0.3 is 0 Å². The van der Waals surface area contributed by atoms with Crippen molar-refractivity contribution >= 4 is 15.9 Å². The largest absolute Gasteiger partial charge is 0.299 e. The van der Waals surface area contributed by atoms with Crippen LogP contribution in [0.5, 0.6) is 0 Å². The molecule has 112 valence electrons. The van der Waals surface area contributed by atoms with E-state index < -0.39 is 0 Å². The molecule has 1 unspecified atom stereocenters. The second kappa shape index (κ2) is 8.19. The van der Waals surface area contributed by atoms with Crippen molar-refractivity contribution in [3.8, 4) is 0 Å². The first kappa shape index (κ1) is 16.0. The standard InChI is InChI=1S/C18H28BrN/c1-3-17(4-2)20(13-12-19)14-16-10-7-9-15-8-5-6-11-18(15)16/h5-6,8,11,16-17H,3-4,7,9-10,12-14H2,1-2H3. The Morgan fingerprint density at radius 3 is 2.70 bits per heavy atom. The van der Waals surface area contributed by atoms with E-state index in [1.54, 1.807) is 11.1 Å². The first-order valence-electron chi connectivity index (χ1n) is 8.17. The molecular weight excluding hydrogens is 310 g/mol. The molecule has 0 aliphatic heterocycles. The minimum absolute atomic E-state index is 0.736. The minimum atomic E-state index is 0.736. The maximum Gasteiger partial charge on any atom is 0.0159 e. The summed E-state index contributed by atoms with van der Waals surface area (Å²) in [6.07, 6.45) is 6.51. The molecule has 0 aromatic heterocycles. The van der Waals surface area contributed by atoms with E-state index in [-0.39, 0.29) is 0 Å². The van der Waals surface area contributed by atoms with Gasteiger partial charge in [0, 0.05) is 24.5 Å². The molecule has 0 radical (unpaired) electrons. The van der Waals surface area contributed by atoms with Crippen molar-refractivity contribution in [1.29, 1.82) is 0 Å². The summed E-state index contributed by atoms with van der Waals surface area (Å²) in [6, 6.07) is 9.83. The quantitative estimate of drug-likeness (QED) is 0.633. The molecule has 1 aromatic carbocycles. The SMILES string of the molecule is CCC(CC)N(CCBr)CC1CCCc2ccccc21. The zero-order valence-electron chi connectivity index (χ0n) is 12.9. The van der Waals surface area contributed by atoms with Crippen LogP contribution in [-0.4, -0.2) is 29.4 Å². The summed E-state index contributed by atoms with van der Waals surface area (Å²) in [7, 11) is 0. The van der Waals surface area contributed by atoms with Gasteiger partial charge < -0.3 is 0 Å². The van der Waals surface area contributed by atoms with Gasteiger partial charge in [0.2, 0.25) is 0 Å². The van der Waals surface area contributed by atoms with Gasteiger partial charge in [0.25, 0.3) is 0 Å². The molecule has 2 heteroatoms. The molecule has 20 heavy (non-hydrogen) atoms. The van der Waals surface area contributed by atoms with Gasteiger partial charge in [-0.2, -0.15) is 0 Å². The molecule has 1 aliphatic carbocycles. The lowest BCUT2D eigenvalue weighted by atomic mass is 9.82. The second-order valence-corrected chi connectivity index (χ2v) is 6.74. The van der Waals surface area contributed by atoms with Gasteiger partial charge in [-0.3, -0.25) is 4.90 Å². The normalized spacial score (nSPS) is 18.6. The Kier molecular flexibility index (Phi) is 6.57. The first-order chi connectivity index (χ1) is 9.80. The maximum absolute atomic E-state index is 3.63. The molecule has 0 amide bonds. The highest BCUT2D eigenvalue weighted by Gasteiger charge is 2.24. The smallest absolute Gasteiger partial charge is 0.0159 e. The van der Waals surface area contributed by atoms with E-state index in [2.05, 4.69) is 58.9 Å². The Morgan fingerprint density at radius 1 is 1.25 bits per heavy atom. The maximum atomic E-state index is 3.63. The molecule has 0 N–H and O–H groups in total. The average molecular weight is 338 g/mol. The van der Waals surface area contributed by atoms with Crippen LogP contribution in [0.15, 0.2) is 24.3 Å². The van der Waals surface area contributed by atoms with Crippen LogP contribution < -0.4 is 0 Å². The fourth-order valence-corrected chi connectivity index (χ4v) is 4.12. The van der Waals surface area contributed by atoms with Crippen molar-refractivity contribution in [3.05, 3.63) is 35.4 Å². The van der Waals surface area contributed by atoms with E-state index in [0.717, 1.165) is 17.3 Å². The summed E-state index contributed by atoms with van der Waals surface area (Å²) in [4.78, 5) is 2.71. The summed E-state index contributed by atoms with van der Waals surface area (Å²) in [6.45, 7) is 7.05. The molecule has 2 rings (SSSR count). The summed E-state index contributed by atoms with van der Waals surface area (Å²) >= 11 is 3.63. The van der Waals surface area contributed by atoms with Crippen molar-refractivity contribution in [2.75, 3.05) is 18.4 Å². The summed E-state index contributed by atoms with van der Waals surface area (Å²) < 4.78 is 0. The molecule has 1 atom stereocenters. The van der Waals surface area contributed by atoms with Crippen LogP contribution in [-0.2, 0) is 6.42 Å². The minimum Gasteiger partial charge on any atom is -0.299 e. The van der Waals surface area contributed by atoms with E-state index in [9.17, 15) is 0 Å². The van der Waals surface area contributed by atoms with Crippen LogP contribution in [0, 0.1) is 0 Å². The zero-order valence-corrected chi connectivity index (χ0v) is 14.5. The predicted octanol–water partition coefficient (Wildman–Crippen LogP) is 4.99. The van der Waals surface area contributed by atoms with Crippen molar-refractivity contribution in [3.63, 3.8) is 0 Å². The Bertz CT molecular complexity index is 400. The van der Waals surface area contributed by atoms with Gasteiger partial charge in [0.1, 0.15) is 0 Å². The highest BCUT2D eigenvalue weighted by molar-refractivity contribution is 9.09. The van der Waals surface area contributed by atoms with E-state index >= 15 is 0 Å². The molecule has 0 fully saturated rings. The lowest BCUT2D eigenvalue weighted by molar-refractivity contribution is 0.180. The monoisotopic (exact) mass is 337 g/mol. The lowest BCUT2D eigenvalue weighted by Gasteiger charge is -2.35. The molecular formula is C18H28BrN. The number of nitrogens with zero attached hydrogens (tertiary/aromatic N) is 1. The van der Waals surface area contributed by atoms with E-state index in [4.69, 9.17) is 0 Å². The number of hydrogen-bond donors (Lipinski definition) is 0. The molecule has 0 saturated heterocycles. The highest BCUT2D eigenvalue weighted by atomic mass is 79.9. The third kappa shape index (κ3) is 3.85. The molecule has 1 aliphatic rings. The summed E-state index contributed by atoms with van der Waals surface area (Å²) in [5.41, 5.74) is 3.20. The van der Waals surface area contributed by atoms with Crippen LogP contribution in [0.4, 0.5) is 0 Å². The van der Waals surface area contributed by atoms with Crippen molar-refractivity contribution in [2.45, 2.75) is 57.9 Å². The highest BCUT2D eigenvalue weighted by Crippen LogP contribution is 2.32. The number of aryl methyl sites for hydroxylation is 1. The zero-order chi connectivity index (χ0) is 14.4. The van der Waals surface area contributed by atoms with Gasteiger partial charge in [0.15, 0.2) is 0 Å². The number of hydrogen-bond acceptors (Lipinski definition) is 1. The Labute approximate surface area is 132 Å².